The van der Waals surface area contributed by atoms with Gasteiger partial charge >= 0.3 is 0 Å². The Hall–Kier alpha value is -2.34. The highest BCUT2D eigenvalue weighted by Gasteiger charge is 2.19. The Morgan fingerprint density at radius 1 is 1.40 bits per heavy atom. The summed E-state index contributed by atoms with van der Waals surface area (Å²) in [6.45, 7) is 6.85. The molecule has 1 saturated heterocycles. The number of Topliss-reactive ketones (excluding diaryl/α,β-unsaturated/α-hetero) is 1. The lowest BCUT2D eigenvalue weighted by Gasteiger charge is -2.16. The van der Waals surface area contributed by atoms with Crippen molar-refractivity contribution < 1.29 is 13.9 Å². The van der Waals surface area contributed by atoms with Crippen LogP contribution in [0.1, 0.15) is 49.2 Å². The third-order valence-corrected chi connectivity index (χ3v) is 4.28. The van der Waals surface area contributed by atoms with Gasteiger partial charge in [0.15, 0.2) is 5.78 Å². The van der Waals surface area contributed by atoms with E-state index in [4.69, 9.17) is 4.74 Å². The van der Waals surface area contributed by atoms with Gasteiger partial charge in [-0.05, 0) is 37.0 Å². The van der Waals surface area contributed by atoms with Crippen LogP contribution < -0.4 is 5.32 Å². The van der Waals surface area contributed by atoms with E-state index in [1.54, 1.807) is 18.3 Å². The monoisotopic (exact) mass is 343 g/mol. The van der Waals surface area contributed by atoms with Crippen LogP contribution in [0.4, 0.5) is 10.3 Å². The van der Waals surface area contributed by atoms with E-state index in [9.17, 15) is 9.18 Å². The number of halogens is 1. The average Bonchev–Trinajstić information content (AvgIpc) is 3.08. The van der Waals surface area contributed by atoms with Gasteiger partial charge in [0.05, 0.1) is 23.9 Å². The van der Waals surface area contributed by atoms with E-state index >= 15 is 0 Å². The number of aromatic nitrogens is 2. The van der Waals surface area contributed by atoms with Crippen LogP contribution in [0.5, 0.6) is 0 Å². The molecule has 1 aromatic heterocycles. The molecule has 1 fully saturated rings. The molecule has 132 valence electrons. The van der Waals surface area contributed by atoms with Crippen LogP contribution in [-0.2, 0) is 4.74 Å². The molecule has 1 N–H and O–H groups in total. The smallest absolute Gasteiger partial charge is 0.223 e. The zero-order chi connectivity index (χ0) is 18.0. The summed E-state index contributed by atoms with van der Waals surface area (Å²) >= 11 is 0. The summed E-state index contributed by atoms with van der Waals surface area (Å²) in [5.41, 5.74) is 2.49. The van der Waals surface area contributed by atoms with E-state index in [-0.39, 0.29) is 23.3 Å². The van der Waals surface area contributed by atoms with Crippen LogP contribution in [0.2, 0.25) is 0 Å². The minimum Gasteiger partial charge on any atom is -0.379 e. The van der Waals surface area contributed by atoms with Crippen molar-refractivity contribution >= 4 is 11.7 Å². The van der Waals surface area contributed by atoms with Crippen LogP contribution in [-0.4, -0.2) is 35.0 Å². The van der Waals surface area contributed by atoms with Gasteiger partial charge in [-0.25, -0.2) is 14.4 Å². The molecule has 0 radical (unpaired) electrons. The molecule has 0 spiro atoms. The summed E-state index contributed by atoms with van der Waals surface area (Å²) in [5.74, 6) is -0.0882. The van der Waals surface area contributed by atoms with E-state index in [2.05, 4.69) is 15.3 Å². The lowest BCUT2D eigenvalue weighted by Crippen LogP contribution is -2.21. The van der Waals surface area contributed by atoms with Crippen LogP contribution in [0.15, 0.2) is 24.4 Å². The topological polar surface area (TPSA) is 64.1 Å². The van der Waals surface area contributed by atoms with E-state index in [1.807, 2.05) is 13.8 Å². The number of nitrogens with one attached hydrogen (secondary N) is 1. The average molecular weight is 343 g/mol. The molecule has 1 aliphatic rings. The molecule has 2 heterocycles. The molecule has 5 nitrogen and oxygen atoms in total. The molecule has 1 atom stereocenters. The van der Waals surface area contributed by atoms with Gasteiger partial charge in [-0.3, -0.25) is 4.79 Å². The lowest BCUT2D eigenvalue weighted by molar-refractivity contribution is 0.101. The number of ether oxygens (including phenoxy) is 1. The van der Waals surface area contributed by atoms with Crippen LogP contribution in [0, 0.1) is 5.82 Å². The van der Waals surface area contributed by atoms with Crippen molar-refractivity contribution in [3.8, 4) is 11.1 Å². The molecule has 3 rings (SSSR count). The molecule has 0 amide bonds. The predicted molar refractivity (Wildman–Crippen MR) is 94.4 cm³/mol. The first-order chi connectivity index (χ1) is 12.0. The van der Waals surface area contributed by atoms with Gasteiger partial charge in [0.2, 0.25) is 5.95 Å². The Kier molecular flexibility index (Phi) is 5.08. The molecule has 1 aromatic carbocycles. The molecule has 1 unspecified atom stereocenters. The van der Waals surface area contributed by atoms with Crippen molar-refractivity contribution in [2.75, 3.05) is 18.5 Å². The SMILES string of the molecule is CC(=O)c1cc(-c2cnc(NC3CCOC3)nc2C(C)C)ccc1F. The standard InChI is InChI=1S/C19H22FN3O2/c1-11(2)18-16(13-4-5-17(20)15(8-13)12(3)24)9-21-19(23-18)22-14-6-7-25-10-14/h4-5,8-9,11,14H,6-7,10H2,1-3H3,(H,21,22,23). The Morgan fingerprint density at radius 3 is 2.84 bits per heavy atom. The number of ketones is 1. The van der Waals surface area contributed by atoms with E-state index in [1.165, 1.54) is 13.0 Å². The van der Waals surface area contributed by atoms with Gasteiger partial charge in [0, 0.05) is 18.4 Å². The molecule has 6 heteroatoms. The number of anilines is 1. The Bertz CT molecular complexity index is 786. The summed E-state index contributed by atoms with van der Waals surface area (Å²) < 4.78 is 19.2. The maximum atomic E-state index is 13.8. The highest BCUT2D eigenvalue weighted by Crippen LogP contribution is 2.29. The third kappa shape index (κ3) is 3.85. The predicted octanol–water partition coefficient (Wildman–Crippen LogP) is 3.81. The number of carbonyl (C=O) groups excluding carboxylic acids is 1. The fourth-order valence-corrected chi connectivity index (χ4v) is 2.92. The van der Waals surface area contributed by atoms with Gasteiger partial charge in [0.1, 0.15) is 5.82 Å². The number of hydrogen-bond donors (Lipinski definition) is 1. The highest BCUT2D eigenvalue weighted by atomic mass is 19.1. The van der Waals surface area contributed by atoms with E-state index < -0.39 is 5.82 Å². The first-order valence-corrected chi connectivity index (χ1v) is 8.47. The number of rotatable bonds is 5. The Labute approximate surface area is 146 Å². The maximum Gasteiger partial charge on any atom is 0.223 e. The van der Waals surface area contributed by atoms with Crippen molar-refractivity contribution in [1.82, 2.24) is 9.97 Å². The third-order valence-electron chi connectivity index (χ3n) is 4.28. The largest absolute Gasteiger partial charge is 0.379 e. The maximum absolute atomic E-state index is 13.8. The molecule has 2 aromatic rings. The van der Waals surface area contributed by atoms with Gasteiger partial charge in [-0.1, -0.05) is 19.9 Å². The van der Waals surface area contributed by atoms with Crippen molar-refractivity contribution in [1.29, 1.82) is 0 Å². The number of nitrogens with zero attached hydrogens (tertiary/aromatic N) is 2. The molecule has 25 heavy (non-hydrogen) atoms. The number of carbonyl (C=O) groups is 1. The zero-order valence-corrected chi connectivity index (χ0v) is 14.7. The second-order valence-corrected chi connectivity index (χ2v) is 6.60. The second-order valence-electron chi connectivity index (χ2n) is 6.60. The van der Waals surface area contributed by atoms with Gasteiger partial charge < -0.3 is 10.1 Å². The van der Waals surface area contributed by atoms with Crippen LogP contribution in [0.3, 0.4) is 0 Å². The molecule has 0 aliphatic carbocycles. The number of benzene rings is 1. The van der Waals surface area contributed by atoms with E-state index in [0.29, 0.717) is 12.6 Å². The normalized spacial score (nSPS) is 17.1. The highest BCUT2D eigenvalue weighted by molar-refractivity contribution is 5.95. The van der Waals surface area contributed by atoms with E-state index in [0.717, 1.165) is 29.8 Å². The van der Waals surface area contributed by atoms with Gasteiger partial charge in [-0.15, -0.1) is 0 Å². The first kappa shape index (κ1) is 17.5. The lowest BCUT2D eigenvalue weighted by atomic mass is 9.97. The fourth-order valence-electron chi connectivity index (χ4n) is 2.92. The van der Waals surface area contributed by atoms with Crippen LogP contribution >= 0.6 is 0 Å². The minimum absolute atomic E-state index is 0.0810. The fraction of sp³-hybridized carbons (Fsp3) is 0.421. The van der Waals surface area contributed by atoms with Crippen molar-refractivity contribution in [2.24, 2.45) is 0 Å². The van der Waals surface area contributed by atoms with Gasteiger partial charge in [-0.2, -0.15) is 0 Å². The number of hydrogen-bond acceptors (Lipinski definition) is 5. The first-order valence-electron chi connectivity index (χ1n) is 8.47. The van der Waals surface area contributed by atoms with Crippen LogP contribution in [0.25, 0.3) is 11.1 Å². The summed E-state index contributed by atoms with van der Waals surface area (Å²) in [7, 11) is 0. The summed E-state index contributed by atoms with van der Waals surface area (Å²) in [6, 6.07) is 4.77. The van der Waals surface area contributed by atoms with Gasteiger partial charge in [0.25, 0.3) is 0 Å². The molecular weight excluding hydrogens is 321 g/mol. The molecule has 0 saturated carbocycles. The molecule has 1 aliphatic heterocycles. The quantitative estimate of drug-likeness (QED) is 0.837. The van der Waals surface area contributed by atoms with Crippen molar-refractivity contribution in [3.05, 3.63) is 41.5 Å². The molecule has 0 bridgehead atoms. The molecular formula is C19H22FN3O2. The second kappa shape index (κ2) is 7.27. The zero-order valence-electron chi connectivity index (χ0n) is 14.7. The Morgan fingerprint density at radius 2 is 2.20 bits per heavy atom. The van der Waals surface area contributed by atoms with Crippen molar-refractivity contribution in [3.63, 3.8) is 0 Å². The summed E-state index contributed by atoms with van der Waals surface area (Å²) in [5, 5.41) is 3.29. The van der Waals surface area contributed by atoms with Crippen molar-refractivity contribution in [2.45, 2.75) is 39.2 Å². The summed E-state index contributed by atoms with van der Waals surface area (Å²) in [4.78, 5) is 20.7. The Balaban J connectivity index is 1.98. The summed E-state index contributed by atoms with van der Waals surface area (Å²) in [6.07, 6.45) is 2.67. The minimum atomic E-state index is -0.511.